The lowest BCUT2D eigenvalue weighted by Gasteiger charge is -2.15. The monoisotopic (exact) mass is 431 g/mol. The number of aromatic nitrogens is 1. The first-order chi connectivity index (χ1) is 15.5. The maximum atomic E-state index is 13.7. The van der Waals surface area contributed by atoms with Crippen LogP contribution in [0.2, 0.25) is 0 Å². The summed E-state index contributed by atoms with van der Waals surface area (Å²) in [6.07, 6.45) is 0. The molecular weight excluding hydrogens is 406 g/mol. The summed E-state index contributed by atoms with van der Waals surface area (Å²) in [4.78, 5) is 13.7. The number of benzene rings is 3. The molecule has 0 unspecified atom stereocenters. The molecule has 0 bridgehead atoms. The van der Waals surface area contributed by atoms with Crippen molar-refractivity contribution in [3.8, 4) is 34.1 Å². The number of ketones is 1. The molecule has 6 nitrogen and oxygen atoms in total. The van der Waals surface area contributed by atoms with Gasteiger partial charge in [-0.2, -0.15) is 0 Å². The summed E-state index contributed by atoms with van der Waals surface area (Å²) in [5.41, 5.74) is 3.71. The third kappa shape index (κ3) is 3.43. The van der Waals surface area contributed by atoms with Gasteiger partial charge in [0.2, 0.25) is 11.5 Å². The molecule has 0 aliphatic carbocycles. The molecule has 0 radical (unpaired) electrons. The molecule has 4 rings (SSSR count). The highest BCUT2D eigenvalue weighted by molar-refractivity contribution is 6.17. The van der Waals surface area contributed by atoms with Crippen LogP contribution in [0.1, 0.15) is 16.1 Å². The zero-order valence-corrected chi connectivity index (χ0v) is 18.8. The van der Waals surface area contributed by atoms with Gasteiger partial charge in [-0.3, -0.25) is 4.79 Å². The predicted octanol–water partition coefficient (Wildman–Crippen LogP) is 5.11. The number of fused-ring (bicyclic) bond motifs is 1. The number of methoxy groups -OCH3 is 4. The number of carbonyl (C=O) groups excluding carboxylic acids is 1. The van der Waals surface area contributed by atoms with Crippen LogP contribution in [0.4, 0.5) is 0 Å². The van der Waals surface area contributed by atoms with Crippen LogP contribution in [0.25, 0.3) is 22.0 Å². The van der Waals surface area contributed by atoms with E-state index in [0.29, 0.717) is 34.3 Å². The van der Waals surface area contributed by atoms with Gasteiger partial charge < -0.3 is 23.5 Å². The highest BCUT2D eigenvalue weighted by Crippen LogP contribution is 2.44. The molecule has 0 aliphatic heterocycles. The third-order valence-corrected chi connectivity index (χ3v) is 5.63. The maximum absolute atomic E-state index is 13.7. The minimum atomic E-state index is -0.0879. The Morgan fingerprint density at radius 1 is 0.781 bits per heavy atom. The molecule has 3 aromatic carbocycles. The largest absolute Gasteiger partial charge is 0.497 e. The summed E-state index contributed by atoms with van der Waals surface area (Å²) in [5.74, 6) is 2.16. The van der Waals surface area contributed by atoms with Crippen molar-refractivity contribution in [2.45, 2.75) is 0 Å². The Hall–Kier alpha value is -3.93. The molecule has 0 amide bonds. The number of hydrogen-bond acceptors (Lipinski definition) is 5. The Bertz CT molecular complexity index is 1260. The topological polar surface area (TPSA) is 58.9 Å². The molecule has 1 heterocycles. The van der Waals surface area contributed by atoms with E-state index in [1.54, 1.807) is 52.7 Å². The van der Waals surface area contributed by atoms with Gasteiger partial charge in [0, 0.05) is 29.1 Å². The van der Waals surface area contributed by atoms with Gasteiger partial charge >= 0.3 is 0 Å². The quantitative estimate of drug-likeness (QED) is 0.381. The number of ether oxygens (including phenoxy) is 4. The Labute approximate surface area is 186 Å². The van der Waals surface area contributed by atoms with Crippen LogP contribution in [0.5, 0.6) is 23.0 Å². The third-order valence-electron chi connectivity index (χ3n) is 5.63. The average Bonchev–Trinajstić information content (AvgIpc) is 3.15. The molecule has 0 spiro atoms. The lowest BCUT2D eigenvalue weighted by molar-refractivity contribution is 0.103. The average molecular weight is 431 g/mol. The maximum Gasteiger partial charge on any atom is 0.210 e. The molecule has 6 heteroatoms. The van der Waals surface area contributed by atoms with Crippen LogP contribution in [0.15, 0.2) is 60.7 Å². The minimum Gasteiger partial charge on any atom is -0.497 e. The predicted molar refractivity (Wildman–Crippen MR) is 124 cm³/mol. The first kappa shape index (κ1) is 21.3. The lowest BCUT2D eigenvalue weighted by Crippen LogP contribution is -2.09. The number of rotatable bonds is 7. The molecule has 0 saturated heterocycles. The van der Waals surface area contributed by atoms with E-state index < -0.39 is 0 Å². The zero-order chi connectivity index (χ0) is 22.8. The number of nitrogens with zero attached hydrogens (tertiary/aromatic N) is 1. The van der Waals surface area contributed by atoms with Crippen molar-refractivity contribution >= 4 is 16.7 Å². The fourth-order valence-electron chi connectivity index (χ4n) is 4.06. The number of hydrogen-bond donors (Lipinski definition) is 0. The Morgan fingerprint density at radius 3 is 1.97 bits per heavy atom. The van der Waals surface area contributed by atoms with Gasteiger partial charge in [-0.05, 0) is 48.0 Å². The van der Waals surface area contributed by atoms with Crippen LogP contribution in [0.3, 0.4) is 0 Å². The second-order valence-electron chi connectivity index (χ2n) is 7.27. The molecule has 0 fully saturated rings. The van der Waals surface area contributed by atoms with Gasteiger partial charge in [0.15, 0.2) is 11.5 Å². The van der Waals surface area contributed by atoms with Gasteiger partial charge in [-0.25, -0.2) is 0 Å². The van der Waals surface area contributed by atoms with Crippen LogP contribution in [-0.4, -0.2) is 38.8 Å². The Balaban J connectivity index is 2.00. The van der Waals surface area contributed by atoms with E-state index >= 15 is 0 Å². The van der Waals surface area contributed by atoms with Gasteiger partial charge in [0.05, 0.1) is 34.1 Å². The standard InChI is InChI=1S/C26H25NO5/c1-27-20-9-7-6-8-19(20)23(17-14-21(30-3)26(32-5)22(15-17)31-4)24(27)25(28)16-10-12-18(29-2)13-11-16/h6-15H,1-5H3. The second kappa shape index (κ2) is 8.67. The molecule has 164 valence electrons. The zero-order valence-electron chi connectivity index (χ0n) is 18.8. The Kier molecular flexibility index (Phi) is 5.77. The van der Waals surface area contributed by atoms with Gasteiger partial charge in [0.1, 0.15) is 5.75 Å². The van der Waals surface area contributed by atoms with Gasteiger partial charge in [0.25, 0.3) is 0 Å². The van der Waals surface area contributed by atoms with Crippen LogP contribution >= 0.6 is 0 Å². The van der Waals surface area contributed by atoms with E-state index in [2.05, 4.69) is 0 Å². The van der Waals surface area contributed by atoms with E-state index in [1.807, 2.05) is 48.0 Å². The smallest absolute Gasteiger partial charge is 0.210 e. The van der Waals surface area contributed by atoms with Gasteiger partial charge in [-0.15, -0.1) is 0 Å². The molecule has 4 aromatic rings. The normalized spacial score (nSPS) is 10.8. The summed E-state index contributed by atoms with van der Waals surface area (Å²) in [6, 6.07) is 18.8. The van der Waals surface area contributed by atoms with Gasteiger partial charge in [-0.1, -0.05) is 18.2 Å². The minimum absolute atomic E-state index is 0.0879. The lowest BCUT2D eigenvalue weighted by atomic mass is 9.97. The molecular formula is C26H25NO5. The fourth-order valence-corrected chi connectivity index (χ4v) is 4.06. The van der Waals surface area contributed by atoms with Crippen molar-refractivity contribution in [1.29, 1.82) is 0 Å². The summed E-state index contributed by atoms with van der Waals surface area (Å²) < 4.78 is 23.8. The number of para-hydroxylation sites is 1. The number of carbonyl (C=O) groups is 1. The SMILES string of the molecule is COc1ccc(C(=O)c2c(-c3cc(OC)c(OC)c(OC)c3)c3ccccc3n2C)cc1. The molecule has 32 heavy (non-hydrogen) atoms. The summed E-state index contributed by atoms with van der Waals surface area (Å²) in [6.45, 7) is 0. The molecule has 0 saturated carbocycles. The summed E-state index contributed by atoms with van der Waals surface area (Å²) in [7, 11) is 8.22. The van der Waals surface area contributed by atoms with Crippen LogP contribution < -0.4 is 18.9 Å². The number of aryl methyl sites for hydroxylation is 1. The first-order valence-corrected chi connectivity index (χ1v) is 10.1. The van der Waals surface area contributed by atoms with Crippen molar-refractivity contribution in [3.05, 3.63) is 71.9 Å². The van der Waals surface area contributed by atoms with E-state index in [0.717, 1.165) is 22.0 Å². The van der Waals surface area contributed by atoms with Crippen molar-refractivity contribution in [2.75, 3.05) is 28.4 Å². The first-order valence-electron chi connectivity index (χ1n) is 10.1. The van der Waals surface area contributed by atoms with E-state index in [4.69, 9.17) is 18.9 Å². The highest BCUT2D eigenvalue weighted by atomic mass is 16.5. The highest BCUT2D eigenvalue weighted by Gasteiger charge is 2.25. The fraction of sp³-hybridized carbons (Fsp3) is 0.192. The Morgan fingerprint density at radius 2 is 1.41 bits per heavy atom. The molecule has 0 atom stereocenters. The van der Waals surface area contributed by atoms with E-state index in [-0.39, 0.29) is 5.78 Å². The summed E-state index contributed by atoms with van der Waals surface area (Å²) >= 11 is 0. The van der Waals surface area contributed by atoms with E-state index in [1.165, 1.54) is 0 Å². The molecule has 0 aliphatic rings. The van der Waals surface area contributed by atoms with Crippen molar-refractivity contribution in [2.24, 2.45) is 7.05 Å². The summed E-state index contributed by atoms with van der Waals surface area (Å²) in [5, 5.41) is 0.959. The second-order valence-corrected chi connectivity index (χ2v) is 7.27. The van der Waals surface area contributed by atoms with Crippen molar-refractivity contribution < 1.29 is 23.7 Å². The molecule has 1 aromatic heterocycles. The van der Waals surface area contributed by atoms with Crippen molar-refractivity contribution in [1.82, 2.24) is 4.57 Å². The van der Waals surface area contributed by atoms with Crippen LogP contribution in [-0.2, 0) is 7.05 Å². The van der Waals surface area contributed by atoms with Crippen LogP contribution in [0, 0.1) is 0 Å². The van der Waals surface area contributed by atoms with Crippen molar-refractivity contribution in [3.63, 3.8) is 0 Å². The van der Waals surface area contributed by atoms with E-state index in [9.17, 15) is 4.79 Å². The molecule has 0 N–H and O–H groups in total.